The summed E-state index contributed by atoms with van der Waals surface area (Å²) in [5, 5.41) is 2.89. The van der Waals surface area contributed by atoms with E-state index in [4.69, 9.17) is 11.6 Å². The third kappa shape index (κ3) is 3.44. The number of aryl methyl sites for hydroxylation is 1. The van der Waals surface area contributed by atoms with Crippen LogP contribution in [0.25, 0.3) is 5.65 Å². The Hall–Kier alpha value is -2.17. The number of pyridine rings is 1. The molecule has 0 aliphatic carbocycles. The number of hydrogen-bond acceptors (Lipinski definition) is 2. The molecule has 0 saturated carbocycles. The van der Waals surface area contributed by atoms with Gasteiger partial charge in [-0.15, -0.1) is 0 Å². The molecule has 0 bridgehead atoms. The first-order valence-electron chi connectivity index (χ1n) is 7.62. The van der Waals surface area contributed by atoms with Gasteiger partial charge < -0.3 is 5.32 Å². The van der Waals surface area contributed by atoms with Crippen LogP contribution < -0.4 is 10.9 Å². The number of quaternary nitrogens is 1. The third-order valence-electron chi connectivity index (χ3n) is 3.99. The number of rotatable bonds is 4. The minimum absolute atomic E-state index is 0.0353. The lowest BCUT2D eigenvalue weighted by Crippen LogP contribution is -2.83. The van der Waals surface area contributed by atoms with Crippen LogP contribution in [0.15, 0.2) is 53.3 Å². The Morgan fingerprint density at radius 3 is 2.78 bits per heavy atom. The van der Waals surface area contributed by atoms with Crippen molar-refractivity contribution < 1.29 is 5.32 Å². The molecular weight excluding hydrogens is 310 g/mol. The van der Waals surface area contributed by atoms with Gasteiger partial charge in [-0.25, -0.2) is 4.98 Å². The van der Waals surface area contributed by atoms with Crippen molar-refractivity contribution >= 4 is 17.2 Å². The minimum atomic E-state index is -0.0353. The Morgan fingerprint density at radius 2 is 2.00 bits per heavy atom. The summed E-state index contributed by atoms with van der Waals surface area (Å²) >= 11 is 6.04. The first-order valence-corrected chi connectivity index (χ1v) is 7.99. The highest BCUT2D eigenvalue weighted by Gasteiger charge is 2.11. The van der Waals surface area contributed by atoms with Gasteiger partial charge in [0, 0.05) is 22.3 Å². The van der Waals surface area contributed by atoms with E-state index in [1.165, 1.54) is 0 Å². The number of hydrogen-bond donors (Lipinski definition) is 1. The molecule has 3 aromatic rings. The van der Waals surface area contributed by atoms with Crippen LogP contribution in [0.2, 0.25) is 5.02 Å². The molecule has 0 fully saturated rings. The molecule has 1 atom stereocenters. The lowest BCUT2D eigenvalue weighted by molar-refractivity contribution is -0.708. The van der Waals surface area contributed by atoms with Crippen LogP contribution in [0, 0.1) is 6.92 Å². The number of benzene rings is 1. The number of fused-ring (bicyclic) bond motifs is 1. The van der Waals surface area contributed by atoms with Crippen molar-refractivity contribution in [2.75, 3.05) is 0 Å². The molecule has 0 amide bonds. The van der Waals surface area contributed by atoms with Crippen LogP contribution in [-0.2, 0) is 6.54 Å². The lowest BCUT2D eigenvalue weighted by atomic mass is 10.1. The van der Waals surface area contributed by atoms with Crippen molar-refractivity contribution in [2.24, 2.45) is 0 Å². The molecular formula is C18H19ClN3O+. The highest BCUT2D eigenvalue weighted by Crippen LogP contribution is 2.14. The van der Waals surface area contributed by atoms with E-state index in [0.29, 0.717) is 12.2 Å². The van der Waals surface area contributed by atoms with E-state index in [9.17, 15) is 4.79 Å². The summed E-state index contributed by atoms with van der Waals surface area (Å²) in [6.07, 6.45) is 0. The topological polar surface area (TPSA) is 51.0 Å². The molecule has 5 heteroatoms. The van der Waals surface area contributed by atoms with Gasteiger partial charge in [0.1, 0.15) is 23.9 Å². The molecule has 0 saturated heterocycles. The van der Waals surface area contributed by atoms with Gasteiger partial charge >= 0.3 is 0 Å². The fourth-order valence-corrected chi connectivity index (χ4v) is 2.89. The molecule has 0 aliphatic heterocycles. The van der Waals surface area contributed by atoms with Crippen molar-refractivity contribution in [3.8, 4) is 0 Å². The highest BCUT2D eigenvalue weighted by atomic mass is 35.5. The predicted octanol–water partition coefficient (Wildman–Crippen LogP) is 2.48. The molecule has 0 aliphatic rings. The van der Waals surface area contributed by atoms with Crippen LogP contribution >= 0.6 is 11.6 Å². The maximum absolute atomic E-state index is 12.3. The van der Waals surface area contributed by atoms with Gasteiger partial charge in [-0.1, -0.05) is 29.8 Å². The first-order chi connectivity index (χ1) is 11.0. The summed E-state index contributed by atoms with van der Waals surface area (Å²) in [6.45, 7) is 4.67. The van der Waals surface area contributed by atoms with Crippen LogP contribution in [0.4, 0.5) is 0 Å². The molecule has 3 rings (SSSR count). The van der Waals surface area contributed by atoms with Crippen molar-refractivity contribution in [3.05, 3.63) is 80.9 Å². The second-order valence-electron chi connectivity index (χ2n) is 5.73. The zero-order valence-corrected chi connectivity index (χ0v) is 13.9. The molecule has 0 unspecified atom stereocenters. The second-order valence-corrected chi connectivity index (χ2v) is 6.17. The summed E-state index contributed by atoms with van der Waals surface area (Å²) < 4.78 is 1.63. The quantitative estimate of drug-likeness (QED) is 0.800. The first kappa shape index (κ1) is 15.7. The summed E-state index contributed by atoms with van der Waals surface area (Å²) in [6, 6.07) is 15.4. The standard InChI is InChI=1S/C18H18ClN3O/c1-12-5-3-8-17-21-16(10-18(23)22(12)17)11-20-13(2)14-6-4-7-15(19)9-14/h3-10,13,20H,11H2,1-2H3/p+1/t13-/m0/s1. The maximum atomic E-state index is 12.3. The molecule has 118 valence electrons. The van der Waals surface area contributed by atoms with E-state index in [1.54, 1.807) is 10.5 Å². The Balaban J connectivity index is 1.81. The van der Waals surface area contributed by atoms with E-state index < -0.39 is 0 Å². The van der Waals surface area contributed by atoms with E-state index in [-0.39, 0.29) is 11.6 Å². The van der Waals surface area contributed by atoms with Crippen LogP contribution in [0.5, 0.6) is 0 Å². The van der Waals surface area contributed by atoms with E-state index in [1.807, 2.05) is 43.3 Å². The molecule has 1 aromatic carbocycles. The number of halogens is 1. The molecule has 4 nitrogen and oxygen atoms in total. The predicted molar refractivity (Wildman–Crippen MR) is 91.7 cm³/mol. The summed E-state index contributed by atoms with van der Waals surface area (Å²) in [7, 11) is 0. The monoisotopic (exact) mass is 328 g/mol. The largest absolute Gasteiger partial charge is 0.335 e. The maximum Gasteiger partial charge on any atom is 0.258 e. The van der Waals surface area contributed by atoms with Crippen LogP contribution in [0.1, 0.15) is 29.9 Å². The molecule has 0 spiro atoms. The lowest BCUT2D eigenvalue weighted by Gasteiger charge is -2.12. The number of nitrogens with two attached hydrogens (primary N) is 1. The van der Waals surface area contributed by atoms with Crippen LogP contribution in [0.3, 0.4) is 0 Å². The fraction of sp³-hybridized carbons (Fsp3) is 0.222. The highest BCUT2D eigenvalue weighted by molar-refractivity contribution is 6.30. The van der Waals surface area contributed by atoms with Gasteiger partial charge in [0.15, 0.2) is 0 Å². The van der Waals surface area contributed by atoms with Gasteiger partial charge in [-0.2, -0.15) is 0 Å². The summed E-state index contributed by atoms with van der Waals surface area (Å²) in [4.78, 5) is 16.9. The molecule has 0 radical (unpaired) electrons. The summed E-state index contributed by atoms with van der Waals surface area (Å²) in [5.41, 5.74) is 3.49. The Labute approximate surface area is 139 Å². The van der Waals surface area contributed by atoms with Gasteiger partial charge in [-0.3, -0.25) is 9.20 Å². The average molecular weight is 329 g/mol. The zero-order valence-electron chi connectivity index (χ0n) is 13.2. The molecule has 2 N–H and O–H groups in total. The van der Waals surface area contributed by atoms with Crippen molar-refractivity contribution in [3.63, 3.8) is 0 Å². The minimum Gasteiger partial charge on any atom is -0.335 e. The second kappa shape index (κ2) is 6.52. The van der Waals surface area contributed by atoms with Gasteiger partial charge in [0.2, 0.25) is 0 Å². The zero-order chi connectivity index (χ0) is 16.4. The molecule has 2 aromatic heterocycles. The summed E-state index contributed by atoms with van der Waals surface area (Å²) in [5.74, 6) is 0. The van der Waals surface area contributed by atoms with Gasteiger partial charge in [0.05, 0.1) is 0 Å². The van der Waals surface area contributed by atoms with Gasteiger partial charge in [0.25, 0.3) is 5.56 Å². The van der Waals surface area contributed by atoms with Crippen molar-refractivity contribution in [1.82, 2.24) is 9.38 Å². The van der Waals surface area contributed by atoms with E-state index in [0.717, 1.165) is 22.0 Å². The Kier molecular flexibility index (Phi) is 4.46. The fourth-order valence-electron chi connectivity index (χ4n) is 2.69. The molecule has 2 heterocycles. The van der Waals surface area contributed by atoms with Crippen molar-refractivity contribution in [1.29, 1.82) is 0 Å². The third-order valence-corrected chi connectivity index (χ3v) is 4.22. The van der Waals surface area contributed by atoms with Crippen molar-refractivity contribution in [2.45, 2.75) is 26.4 Å². The Morgan fingerprint density at radius 1 is 1.22 bits per heavy atom. The number of aromatic nitrogens is 2. The van der Waals surface area contributed by atoms with Gasteiger partial charge in [-0.05, 0) is 38.1 Å². The SMILES string of the molecule is Cc1cccc2nc(C[NH2+][C@@H](C)c3cccc(Cl)c3)cc(=O)n12. The normalized spacial score (nSPS) is 12.5. The Bertz CT molecular complexity index is 904. The molecule has 23 heavy (non-hydrogen) atoms. The van der Waals surface area contributed by atoms with E-state index >= 15 is 0 Å². The average Bonchev–Trinajstić information content (AvgIpc) is 2.52. The van der Waals surface area contributed by atoms with Crippen LogP contribution in [-0.4, -0.2) is 9.38 Å². The smallest absolute Gasteiger partial charge is 0.258 e. The number of nitrogens with zero attached hydrogens (tertiary/aromatic N) is 2. The van der Waals surface area contributed by atoms with E-state index in [2.05, 4.69) is 23.3 Å².